The van der Waals surface area contributed by atoms with E-state index < -0.39 is 53.5 Å². The Morgan fingerprint density at radius 3 is 1.09 bits per heavy atom. The van der Waals surface area contributed by atoms with Gasteiger partial charge in [0, 0.05) is 95.8 Å². The van der Waals surface area contributed by atoms with Gasteiger partial charge in [0.15, 0.2) is 0 Å². The fourth-order valence-electron chi connectivity index (χ4n) is 19.1. The Kier molecular flexibility index (Phi) is 27.4. The largest absolute Gasteiger partial charge is 0.480 e. The van der Waals surface area contributed by atoms with E-state index in [4.69, 9.17) is 43.4 Å². The number of aromatic nitrogens is 3. The van der Waals surface area contributed by atoms with E-state index in [1.807, 2.05) is 14.7 Å². The Balaban J connectivity index is 0.000000137. The first kappa shape index (κ1) is 83.4. The highest BCUT2D eigenvalue weighted by atomic mass is 19.1. The molecule has 2 unspecified atom stereocenters. The quantitative estimate of drug-likeness (QED) is 0.0229. The number of carboxylic acids is 3. The van der Waals surface area contributed by atoms with Gasteiger partial charge in [-0.25, -0.2) is 28.1 Å². The van der Waals surface area contributed by atoms with Gasteiger partial charge >= 0.3 is 17.9 Å². The molecular weight excluding hydrogens is 1480 g/mol. The molecule has 21 nitrogen and oxygen atoms in total. The maximum absolute atomic E-state index is 14.4. The predicted molar refractivity (Wildman–Crippen MR) is 436 cm³/mol. The second kappa shape index (κ2) is 38.2. The fourth-order valence-corrected chi connectivity index (χ4v) is 19.1. The summed E-state index contributed by atoms with van der Waals surface area (Å²) in [5.74, 6) is -1.02. The van der Waals surface area contributed by atoms with Gasteiger partial charge in [0.05, 0.1) is 56.4 Å². The van der Waals surface area contributed by atoms with Crippen molar-refractivity contribution in [1.82, 2.24) is 29.7 Å². The monoisotopic (exact) mass is 1600 g/mol. The molecule has 626 valence electrons. The number of aliphatic carboxylic acids is 3. The number of aryl methyl sites for hydroxylation is 6. The summed E-state index contributed by atoms with van der Waals surface area (Å²) < 4.78 is 80.0. The molecule has 2 aliphatic carbocycles. The predicted octanol–water partition coefficient (Wildman–Crippen LogP) is 16.2. The third-order valence-electron chi connectivity index (χ3n) is 26.2. The number of hydrogen-bond donors (Lipinski definition) is 6. The van der Waals surface area contributed by atoms with Gasteiger partial charge in [-0.2, -0.15) is 0 Å². The fraction of sp³-hybridized carbons (Fsp3) is 0.609. The van der Waals surface area contributed by atoms with Gasteiger partial charge in [-0.15, -0.1) is 0 Å². The minimum atomic E-state index is -0.971. The molecule has 0 radical (unpaired) electrons. The highest BCUT2D eigenvalue weighted by molar-refractivity contribution is 5.78. The van der Waals surface area contributed by atoms with Crippen LogP contribution in [0, 0.1) is 33.7 Å². The zero-order valence-corrected chi connectivity index (χ0v) is 67.9. The highest BCUT2D eigenvalue weighted by Gasteiger charge is 2.49. The topological polar surface area (TPSA) is 252 Å². The summed E-state index contributed by atoms with van der Waals surface area (Å²) in [5, 5.41) is 40.9. The van der Waals surface area contributed by atoms with Crippen molar-refractivity contribution in [1.29, 1.82) is 0 Å². The van der Waals surface area contributed by atoms with Crippen LogP contribution in [0.2, 0.25) is 0 Å². The van der Waals surface area contributed by atoms with Crippen LogP contribution < -0.4 is 16.0 Å². The number of carboxylic acid groups (broad SMARTS) is 3. The molecule has 6 N–H and O–H groups in total. The van der Waals surface area contributed by atoms with Gasteiger partial charge in [0.2, 0.25) is 0 Å². The second-order valence-corrected chi connectivity index (χ2v) is 35.6. The van der Waals surface area contributed by atoms with Crippen LogP contribution in [0.15, 0.2) is 91.0 Å². The van der Waals surface area contributed by atoms with Crippen molar-refractivity contribution >= 4 is 35.4 Å². The van der Waals surface area contributed by atoms with E-state index in [9.17, 15) is 42.9 Å². The Morgan fingerprint density at radius 2 is 0.784 bits per heavy atom. The van der Waals surface area contributed by atoms with Crippen molar-refractivity contribution in [3.05, 3.63) is 176 Å². The van der Waals surface area contributed by atoms with Crippen molar-refractivity contribution < 1.29 is 71.3 Å². The minimum absolute atomic E-state index is 0.00841. The number of halogens is 3. The first-order valence-corrected chi connectivity index (χ1v) is 43.4. The van der Waals surface area contributed by atoms with Crippen molar-refractivity contribution in [3.63, 3.8) is 0 Å². The molecule has 12 heterocycles. The lowest BCUT2D eigenvalue weighted by Gasteiger charge is -2.33. The Labute approximate surface area is 681 Å². The third kappa shape index (κ3) is 21.3. The number of ether oxygens (including phenoxy) is 6. The van der Waals surface area contributed by atoms with Crippen LogP contribution in [-0.2, 0) is 81.3 Å². The maximum Gasteiger partial charge on any atom is 0.325 e. The maximum atomic E-state index is 14.4. The van der Waals surface area contributed by atoms with Crippen LogP contribution in [0.3, 0.4) is 0 Å². The molecule has 3 aromatic heterocycles. The Morgan fingerprint density at radius 1 is 0.448 bits per heavy atom. The number of carbonyl (C=O) groups is 3. The Hall–Kier alpha value is -7.65. The molecular formula is C92H120F3N9O12. The number of fused-ring (bicyclic) bond motifs is 3. The lowest BCUT2D eigenvalue weighted by Crippen LogP contribution is -2.35. The summed E-state index contributed by atoms with van der Waals surface area (Å²) >= 11 is 0. The van der Waals surface area contributed by atoms with Crippen LogP contribution in [0.25, 0.3) is 0 Å². The molecule has 0 bridgehead atoms. The van der Waals surface area contributed by atoms with Crippen LogP contribution >= 0.6 is 0 Å². The molecule has 3 aromatic carbocycles. The summed E-state index contributed by atoms with van der Waals surface area (Å²) in [7, 11) is 0. The van der Waals surface area contributed by atoms with E-state index in [1.54, 1.807) is 18.2 Å². The van der Waals surface area contributed by atoms with Crippen LogP contribution in [0.4, 0.5) is 30.6 Å². The zero-order valence-electron chi connectivity index (χ0n) is 67.9. The van der Waals surface area contributed by atoms with Crippen LogP contribution in [0.1, 0.15) is 252 Å². The molecule has 2 saturated carbocycles. The summed E-state index contributed by atoms with van der Waals surface area (Å²) in [6, 6.07) is 23.8. The van der Waals surface area contributed by atoms with E-state index in [1.165, 1.54) is 78.8 Å². The number of nitrogens with zero attached hydrogens (tertiary/aromatic N) is 6. The number of nitrogens with one attached hydrogen (secondary N) is 3. The molecule has 11 aliphatic rings. The lowest BCUT2D eigenvalue weighted by atomic mass is 9.86. The van der Waals surface area contributed by atoms with Crippen LogP contribution in [-0.4, -0.2) is 180 Å². The van der Waals surface area contributed by atoms with E-state index in [0.717, 1.165) is 219 Å². The molecule has 6 saturated heterocycles. The van der Waals surface area contributed by atoms with Crippen molar-refractivity contribution in [2.24, 2.45) is 16.2 Å². The average molecular weight is 1600 g/mol. The third-order valence-corrected chi connectivity index (χ3v) is 26.2. The van der Waals surface area contributed by atoms with E-state index in [2.05, 4.69) is 66.2 Å². The first-order chi connectivity index (χ1) is 56.3. The van der Waals surface area contributed by atoms with Crippen molar-refractivity contribution in [2.75, 3.05) is 114 Å². The van der Waals surface area contributed by atoms with E-state index in [0.29, 0.717) is 106 Å². The summed E-state index contributed by atoms with van der Waals surface area (Å²) in [4.78, 5) is 57.6. The average Bonchev–Trinajstić information content (AvgIpc) is 1.60. The number of anilines is 3. The van der Waals surface area contributed by atoms with Gasteiger partial charge in [-0.05, 0) is 294 Å². The molecule has 9 atom stereocenters. The standard InChI is InChI=1S/2C31H40FN3O4.C30H40FN3O4/c2*32-22-7-9-25(27-10-12-31(13-14-31)20-39-27)26(18-22)28(30(36)37)35-16-11-24(19-35)38-17-2-1-5-23-8-6-21-4-3-15-33-29(21)34-23;1-30(2)17-26(38-19-30)24-11-9-21(31)16-25(24)27(29(35)36)34-14-12-23(18-34)37-15-4-3-7-22-10-8-20-6-5-13-32-28(20)33-22/h2*6-9,18,24,27-28H,1-5,10-17,19-20H2,(H,33,34)(H,36,37);8-11,16,23,26-27H,3-7,12-15,17-19H2,1-2H3,(H,32,33)(H,35,36)/t24-,27+,28?;24-,27-,28-;23-,26?,27-/m111/s1. The summed E-state index contributed by atoms with van der Waals surface area (Å²) in [5.41, 5.74) is 11.9. The molecule has 8 fully saturated rings. The summed E-state index contributed by atoms with van der Waals surface area (Å²) in [6.45, 7) is 14.6. The van der Waals surface area contributed by atoms with E-state index in [-0.39, 0.29) is 42.0 Å². The normalized spacial score (nSPS) is 24.4. The van der Waals surface area contributed by atoms with Gasteiger partial charge in [-0.1, -0.05) is 50.2 Å². The number of rotatable bonds is 30. The molecule has 2 spiro atoms. The number of pyridine rings is 3. The SMILES string of the molecule is CC1(C)COC(c2ccc(F)cc2[C@H](C(=O)O)N2CC[C@@H](OCCCCc3ccc4c(n3)NCCC4)C2)C1.O=C(O)C(c1cc(F)ccc1[C@@H]1CCC2(CC2)CO1)N1CC[C@@H](OCCCCc2ccc3c(n2)NCCC3)C1.O=C(O)[C@@H](c1cc(F)ccc1[C@H]1CCC2(CC2)CO1)N1CC[C@@H](OCCCCc2ccc3c(n2)NCCC3)C1. The highest BCUT2D eigenvalue weighted by Crippen LogP contribution is 2.56. The molecule has 6 aromatic rings. The number of unbranched alkanes of at least 4 members (excludes halogenated alkanes) is 3. The minimum Gasteiger partial charge on any atom is -0.480 e. The first-order valence-electron chi connectivity index (χ1n) is 43.4. The Bertz CT molecular complexity index is 4170. The van der Waals surface area contributed by atoms with Gasteiger partial charge in [-0.3, -0.25) is 29.1 Å². The van der Waals surface area contributed by atoms with Crippen molar-refractivity contribution in [3.8, 4) is 0 Å². The molecule has 116 heavy (non-hydrogen) atoms. The van der Waals surface area contributed by atoms with Gasteiger partial charge in [0.25, 0.3) is 0 Å². The smallest absolute Gasteiger partial charge is 0.325 e. The molecule has 0 amide bonds. The second-order valence-electron chi connectivity index (χ2n) is 35.6. The summed E-state index contributed by atoms with van der Waals surface area (Å²) in [6.07, 6.45) is 26.5. The number of hydrogen-bond acceptors (Lipinski definition) is 18. The van der Waals surface area contributed by atoms with Gasteiger partial charge in [0.1, 0.15) is 53.0 Å². The van der Waals surface area contributed by atoms with Crippen LogP contribution in [0.5, 0.6) is 0 Å². The number of likely N-dealkylation sites (tertiary alicyclic amines) is 3. The molecule has 9 aliphatic heterocycles. The van der Waals surface area contributed by atoms with Gasteiger partial charge < -0.3 is 59.7 Å². The van der Waals surface area contributed by atoms with Crippen molar-refractivity contribution in [2.45, 2.75) is 242 Å². The zero-order chi connectivity index (χ0) is 80.3. The van der Waals surface area contributed by atoms with E-state index >= 15 is 0 Å². The molecule has 17 rings (SSSR count). The number of benzene rings is 3. The lowest BCUT2D eigenvalue weighted by molar-refractivity contribution is -0.144. The molecule has 24 heteroatoms.